The molecule has 1 aliphatic rings. The van der Waals surface area contributed by atoms with Crippen LogP contribution in [-0.2, 0) is 0 Å². The summed E-state index contributed by atoms with van der Waals surface area (Å²) < 4.78 is 4.39. The van der Waals surface area contributed by atoms with Gasteiger partial charge in [0.2, 0.25) is 5.13 Å². The standard InChI is InChI=1S/C12H21N3OS/c1-8(2)11-13-12(17-14-11)15-6-4-5-10(7-15)9(3)16/h8-10,16H,4-7H2,1-3H3. The summed E-state index contributed by atoms with van der Waals surface area (Å²) in [6, 6.07) is 0. The summed E-state index contributed by atoms with van der Waals surface area (Å²) in [5.41, 5.74) is 0. The Kier molecular flexibility index (Phi) is 3.99. The molecule has 17 heavy (non-hydrogen) atoms. The Morgan fingerprint density at radius 3 is 2.76 bits per heavy atom. The lowest BCUT2D eigenvalue weighted by Crippen LogP contribution is -2.39. The summed E-state index contributed by atoms with van der Waals surface area (Å²) in [5, 5.41) is 10.7. The maximum Gasteiger partial charge on any atom is 0.205 e. The maximum absolute atomic E-state index is 9.68. The Hall–Kier alpha value is -0.680. The van der Waals surface area contributed by atoms with Crippen LogP contribution in [0.15, 0.2) is 0 Å². The summed E-state index contributed by atoms with van der Waals surface area (Å²) in [7, 11) is 0. The van der Waals surface area contributed by atoms with Crippen molar-refractivity contribution in [3.05, 3.63) is 5.82 Å². The highest BCUT2D eigenvalue weighted by Crippen LogP contribution is 2.27. The van der Waals surface area contributed by atoms with Crippen molar-refractivity contribution in [2.75, 3.05) is 18.0 Å². The van der Waals surface area contributed by atoms with Crippen molar-refractivity contribution >= 4 is 16.7 Å². The van der Waals surface area contributed by atoms with Crippen LogP contribution in [0.3, 0.4) is 0 Å². The van der Waals surface area contributed by atoms with Gasteiger partial charge >= 0.3 is 0 Å². The topological polar surface area (TPSA) is 49.2 Å². The van der Waals surface area contributed by atoms with Crippen molar-refractivity contribution in [1.82, 2.24) is 9.36 Å². The Morgan fingerprint density at radius 2 is 2.18 bits per heavy atom. The molecule has 1 aromatic rings. The van der Waals surface area contributed by atoms with Crippen LogP contribution in [0.4, 0.5) is 5.13 Å². The van der Waals surface area contributed by atoms with Gasteiger partial charge in [0, 0.05) is 36.5 Å². The average molecular weight is 255 g/mol. The van der Waals surface area contributed by atoms with Gasteiger partial charge in [0.05, 0.1) is 6.10 Å². The first-order valence-electron chi connectivity index (χ1n) is 6.34. The number of aliphatic hydroxyl groups is 1. The van der Waals surface area contributed by atoms with Crippen LogP contribution in [-0.4, -0.2) is 33.7 Å². The summed E-state index contributed by atoms with van der Waals surface area (Å²) in [4.78, 5) is 6.85. The van der Waals surface area contributed by atoms with Crippen molar-refractivity contribution in [3.8, 4) is 0 Å². The molecule has 1 aromatic heterocycles. The third kappa shape index (κ3) is 2.96. The minimum absolute atomic E-state index is 0.227. The van der Waals surface area contributed by atoms with Crippen molar-refractivity contribution in [2.45, 2.75) is 45.6 Å². The van der Waals surface area contributed by atoms with Crippen LogP contribution >= 0.6 is 11.5 Å². The highest BCUT2D eigenvalue weighted by Gasteiger charge is 2.25. The number of anilines is 1. The molecule has 96 valence electrons. The number of aliphatic hydroxyl groups excluding tert-OH is 1. The predicted molar refractivity (Wildman–Crippen MR) is 70.6 cm³/mol. The van der Waals surface area contributed by atoms with Gasteiger partial charge in [0.25, 0.3) is 0 Å². The number of piperidine rings is 1. The molecule has 0 aromatic carbocycles. The van der Waals surface area contributed by atoms with E-state index in [1.165, 1.54) is 11.5 Å². The van der Waals surface area contributed by atoms with Crippen LogP contribution < -0.4 is 4.90 Å². The minimum atomic E-state index is -0.227. The summed E-state index contributed by atoms with van der Waals surface area (Å²) >= 11 is 1.48. The number of hydrogen-bond donors (Lipinski definition) is 1. The van der Waals surface area contributed by atoms with Crippen LogP contribution in [0, 0.1) is 5.92 Å². The second-order valence-electron chi connectivity index (χ2n) is 5.18. The van der Waals surface area contributed by atoms with Crippen LogP contribution in [0.1, 0.15) is 45.4 Å². The molecule has 4 nitrogen and oxygen atoms in total. The number of aromatic nitrogens is 2. The smallest absolute Gasteiger partial charge is 0.205 e. The van der Waals surface area contributed by atoms with E-state index < -0.39 is 0 Å². The first-order valence-corrected chi connectivity index (χ1v) is 7.12. The fraction of sp³-hybridized carbons (Fsp3) is 0.833. The number of nitrogens with zero attached hydrogens (tertiary/aromatic N) is 3. The van der Waals surface area contributed by atoms with E-state index in [1.807, 2.05) is 6.92 Å². The van der Waals surface area contributed by atoms with Crippen molar-refractivity contribution in [3.63, 3.8) is 0 Å². The Morgan fingerprint density at radius 1 is 1.41 bits per heavy atom. The third-order valence-electron chi connectivity index (χ3n) is 3.36. The molecule has 0 radical (unpaired) electrons. The first-order chi connectivity index (χ1) is 8.08. The van der Waals surface area contributed by atoms with E-state index in [0.29, 0.717) is 11.8 Å². The molecule has 1 fully saturated rings. The van der Waals surface area contributed by atoms with Gasteiger partial charge in [0.1, 0.15) is 5.82 Å². The zero-order valence-electron chi connectivity index (χ0n) is 10.8. The Bertz CT molecular complexity index is 364. The molecule has 0 saturated carbocycles. The van der Waals surface area contributed by atoms with Crippen molar-refractivity contribution in [2.24, 2.45) is 5.92 Å². The summed E-state index contributed by atoms with van der Waals surface area (Å²) in [6.45, 7) is 8.05. The molecule has 1 N–H and O–H groups in total. The molecule has 2 atom stereocenters. The Balaban J connectivity index is 2.05. The highest BCUT2D eigenvalue weighted by atomic mass is 32.1. The van der Waals surface area contributed by atoms with E-state index in [-0.39, 0.29) is 6.10 Å². The van der Waals surface area contributed by atoms with Gasteiger partial charge in [-0.25, -0.2) is 4.98 Å². The maximum atomic E-state index is 9.68. The van der Waals surface area contributed by atoms with Crippen LogP contribution in [0.2, 0.25) is 0 Å². The highest BCUT2D eigenvalue weighted by molar-refractivity contribution is 7.09. The fourth-order valence-corrected chi connectivity index (χ4v) is 3.01. The van der Waals surface area contributed by atoms with Gasteiger partial charge in [-0.1, -0.05) is 13.8 Å². The third-order valence-corrected chi connectivity index (χ3v) is 4.15. The molecule has 1 saturated heterocycles. The zero-order valence-corrected chi connectivity index (χ0v) is 11.6. The van der Waals surface area contributed by atoms with E-state index in [1.54, 1.807) is 0 Å². The van der Waals surface area contributed by atoms with Gasteiger partial charge < -0.3 is 10.0 Å². The lowest BCUT2D eigenvalue weighted by Gasteiger charge is -2.33. The fourth-order valence-electron chi connectivity index (χ4n) is 2.17. The van der Waals surface area contributed by atoms with E-state index in [0.717, 1.165) is 36.9 Å². The second-order valence-corrected chi connectivity index (χ2v) is 5.91. The molecule has 2 rings (SSSR count). The lowest BCUT2D eigenvalue weighted by molar-refractivity contribution is 0.115. The van der Waals surface area contributed by atoms with Gasteiger partial charge in [0.15, 0.2) is 0 Å². The minimum Gasteiger partial charge on any atom is -0.393 e. The molecular weight excluding hydrogens is 234 g/mol. The van der Waals surface area contributed by atoms with E-state index in [9.17, 15) is 5.11 Å². The van der Waals surface area contributed by atoms with Gasteiger partial charge in [-0.2, -0.15) is 4.37 Å². The lowest BCUT2D eigenvalue weighted by atomic mass is 9.94. The van der Waals surface area contributed by atoms with Crippen molar-refractivity contribution in [1.29, 1.82) is 0 Å². The summed E-state index contributed by atoms with van der Waals surface area (Å²) in [5.74, 6) is 1.69. The van der Waals surface area contributed by atoms with Gasteiger partial charge in [-0.3, -0.25) is 0 Å². The molecule has 2 unspecified atom stereocenters. The normalized spacial score (nSPS) is 23.1. The largest absolute Gasteiger partial charge is 0.393 e. The molecule has 2 heterocycles. The molecular formula is C12H21N3OS. The van der Waals surface area contributed by atoms with Gasteiger partial charge in [-0.05, 0) is 19.8 Å². The number of hydrogen-bond acceptors (Lipinski definition) is 5. The monoisotopic (exact) mass is 255 g/mol. The Labute approximate surface area is 107 Å². The molecule has 0 spiro atoms. The second kappa shape index (κ2) is 5.31. The SMILES string of the molecule is CC(C)c1nsc(N2CCCC(C(C)O)C2)n1. The average Bonchev–Trinajstić information content (AvgIpc) is 2.78. The van der Waals surface area contributed by atoms with Crippen molar-refractivity contribution < 1.29 is 5.11 Å². The molecule has 1 aliphatic heterocycles. The quantitative estimate of drug-likeness (QED) is 0.900. The number of rotatable bonds is 3. The molecule has 0 amide bonds. The molecule has 5 heteroatoms. The van der Waals surface area contributed by atoms with Gasteiger partial charge in [-0.15, -0.1) is 0 Å². The van der Waals surface area contributed by atoms with E-state index in [2.05, 4.69) is 28.1 Å². The molecule has 0 bridgehead atoms. The van der Waals surface area contributed by atoms with Crippen LogP contribution in [0.5, 0.6) is 0 Å². The molecule has 0 aliphatic carbocycles. The van der Waals surface area contributed by atoms with E-state index >= 15 is 0 Å². The van der Waals surface area contributed by atoms with E-state index in [4.69, 9.17) is 0 Å². The predicted octanol–water partition coefficient (Wildman–Crippen LogP) is 2.26. The zero-order chi connectivity index (χ0) is 12.4. The van der Waals surface area contributed by atoms with Crippen LogP contribution in [0.25, 0.3) is 0 Å². The first kappa shape index (κ1) is 12.8. The summed E-state index contributed by atoms with van der Waals surface area (Å²) in [6.07, 6.45) is 2.02.